The summed E-state index contributed by atoms with van der Waals surface area (Å²) in [6, 6.07) is -0.0395. The smallest absolute Gasteiger partial charge is 0.317 e. The first-order valence-corrected chi connectivity index (χ1v) is 7.53. The lowest BCUT2D eigenvalue weighted by Crippen LogP contribution is -2.55. The molecule has 2 heterocycles. The number of carboxylic acid groups (broad SMARTS) is 1. The molecule has 7 nitrogen and oxygen atoms in total. The standard InChI is InChI=1S/C14H21N3O4/c1-8-4-10(11(5-8)13(19)20)12(18)16-2-3-17-9(7-16)6-15-14(17)21/h8-11H,2-7H2,1H3,(H,15,21)(H,19,20)/t8?,9?,10-,11+/m0/s1. The van der Waals surface area contributed by atoms with Crippen LogP contribution in [0, 0.1) is 17.8 Å². The van der Waals surface area contributed by atoms with Crippen LogP contribution in [0.4, 0.5) is 4.79 Å². The number of amides is 3. The van der Waals surface area contributed by atoms with E-state index in [-0.39, 0.29) is 23.9 Å². The predicted octanol–water partition coefficient (Wildman–Crippen LogP) is -0.0307. The van der Waals surface area contributed by atoms with Gasteiger partial charge in [0.2, 0.25) is 5.91 Å². The Labute approximate surface area is 123 Å². The Morgan fingerprint density at radius 3 is 2.67 bits per heavy atom. The molecule has 2 saturated heterocycles. The van der Waals surface area contributed by atoms with E-state index in [2.05, 4.69) is 5.32 Å². The maximum absolute atomic E-state index is 12.7. The van der Waals surface area contributed by atoms with Crippen LogP contribution >= 0.6 is 0 Å². The van der Waals surface area contributed by atoms with Crippen LogP contribution in [-0.2, 0) is 9.59 Å². The Morgan fingerprint density at radius 2 is 1.95 bits per heavy atom. The molecule has 2 N–H and O–H groups in total. The van der Waals surface area contributed by atoms with Gasteiger partial charge < -0.3 is 20.2 Å². The summed E-state index contributed by atoms with van der Waals surface area (Å²) in [6.07, 6.45) is 1.23. The van der Waals surface area contributed by atoms with Crippen molar-refractivity contribution < 1.29 is 19.5 Å². The number of hydrogen-bond donors (Lipinski definition) is 2. The third-order valence-corrected chi connectivity index (χ3v) is 4.98. The van der Waals surface area contributed by atoms with Crippen LogP contribution in [0.15, 0.2) is 0 Å². The summed E-state index contributed by atoms with van der Waals surface area (Å²) in [4.78, 5) is 39.1. The van der Waals surface area contributed by atoms with Gasteiger partial charge in [0.05, 0.1) is 17.9 Å². The van der Waals surface area contributed by atoms with Gasteiger partial charge >= 0.3 is 12.0 Å². The first-order chi connectivity index (χ1) is 9.97. The number of fused-ring (bicyclic) bond motifs is 1. The molecule has 4 atom stereocenters. The highest BCUT2D eigenvalue weighted by atomic mass is 16.4. The highest BCUT2D eigenvalue weighted by Crippen LogP contribution is 2.37. The van der Waals surface area contributed by atoms with Gasteiger partial charge in [0, 0.05) is 26.2 Å². The molecule has 0 aromatic carbocycles. The molecule has 116 valence electrons. The number of aliphatic carboxylic acids is 1. The van der Waals surface area contributed by atoms with Gasteiger partial charge in [-0.05, 0) is 18.8 Å². The number of nitrogens with zero attached hydrogens (tertiary/aromatic N) is 2. The first-order valence-electron chi connectivity index (χ1n) is 7.53. The first kappa shape index (κ1) is 14.2. The number of carbonyl (C=O) groups excluding carboxylic acids is 2. The fourth-order valence-corrected chi connectivity index (χ4v) is 3.88. The minimum absolute atomic E-state index is 0.0253. The molecule has 21 heavy (non-hydrogen) atoms. The van der Waals surface area contributed by atoms with Gasteiger partial charge in [0.1, 0.15) is 0 Å². The Morgan fingerprint density at radius 1 is 1.24 bits per heavy atom. The van der Waals surface area contributed by atoms with Crippen LogP contribution in [0.3, 0.4) is 0 Å². The summed E-state index contributed by atoms with van der Waals surface area (Å²) in [5.41, 5.74) is 0. The van der Waals surface area contributed by atoms with Crippen LogP contribution in [0.2, 0.25) is 0 Å². The predicted molar refractivity (Wildman–Crippen MR) is 73.5 cm³/mol. The zero-order valence-electron chi connectivity index (χ0n) is 12.1. The second kappa shape index (κ2) is 5.20. The van der Waals surface area contributed by atoms with Crippen molar-refractivity contribution in [2.75, 3.05) is 26.2 Å². The van der Waals surface area contributed by atoms with Crippen molar-refractivity contribution in [1.29, 1.82) is 0 Å². The average molecular weight is 295 g/mol. The zero-order chi connectivity index (χ0) is 15.1. The molecule has 0 radical (unpaired) electrons. The van der Waals surface area contributed by atoms with Gasteiger partial charge in [-0.1, -0.05) is 6.92 Å². The van der Waals surface area contributed by atoms with Crippen LogP contribution in [0.5, 0.6) is 0 Å². The fraction of sp³-hybridized carbons (Fsp3) is 0.786. The number of hydrogen-bond acceptors (Lipinski definition) is 3. The van der Waals surface area contributed by atoms with Crippen LogP contribution in [0.1, 0.15) is 19.8 Å². The number of rotatable bonds is 2. The van der Waals surface area contributed by atoms with E-state index in [0.29, 0.717) is 39.0 Å². The second-order valence-corrected chi connectivity index (χ2v) is 6.45. The number of nitrogens with one attached hydrogen (secondary N) is 1. The molecular formula is C14H21N3O4. The Kier molecular flexibility index (Phi) is 3.51. The minimum atomic E-state index is -0.867. The van der Waals surface area contributed by atoms with E-state index < -0.39 is 17.8 Å². The second-order valence-electron chi connectivity index (χ2n) is 6.45. The number of urea groups is 1. The lowest BCUT2D eigenvalue weighted by Gasteiger charge is -2.38. The molecular weight excluding hydrogens is 274 g/mol. The molecule has 3 aliphatic rings. The third-order valence-electron chi connectivity index (χ3n) is 4.98. The molecule has 2 unspecified atom stereocenters. The number of carbonyl (C=O) groups is 3. The van der Waals surface area contributed by atoms with Gasteiger partial charge in [-0.25, -0.2) is 4.79 Å². The molecule has 2 aliphatic heterocycles. The van der Waals surface area contributed by atoms with E-state index in [1.54, 1.807) is 9.80 Å². The van der Waals surface area contributed by atoms with Crippen LogP contribution < -0.4 is 5.32 Å². The molecule has 0 spiro atoms. The van der Waals surface area contributed by atoms with Gasteiger partial charge in [0.25, 0.3) is 0 Å². The lowest BCUT2D eigenvalue weighted by molar-refractivity contribution is -0.150. The summed E-state index contributed by atoms with van der Waals surface area (Å²) in [5.74, 6) is -1.61. The van der Waals surface area contributed by atoms with Crippen molar-refractivity contribution in [2.45, 2.75) is 25.8 Å². The summed E-state index contributed by atoms with van der Waals surface area (Å²) < 4.78 is 0. The van der Waals surface area contributed by atoms with E-state index in [0.717, 1.165) is 0 Å². The van der Waals surface area contributed by atoms with Crippen LogP contribution in [-0.4, -0.2) is 65.0 Å². The Hall–Kier alpha value is -1.79. The average Bonchev–Trinajstić information content (AvgIpc) is 3.01. The summed E-state index contributed by atoms with van der Waals surface area (Å²) >= 11 is 0. The van der Waals surface area contributed by atoms with Crippen molar-refractivity contribution in [1.82, 2.24) is 15.1 Å². The molecule has 0 aromatic heterocycles. The van der Waals surface area contributed by atoms with E-state index in [1.165, 1.54) is 0 Å². The van der Waals surface area contributed by atoms with E-state index >= 15 is 0 Å². The number of carboxylic acids is 1. The molecule has 1 saturated carbocycles. The normalized spacial score (nSPS) is 35.6. The molecule has 3 amide bonds. The largest absolute Gasteiger partial charge is 0.481 e. The van der Waals surface area contributed by atoms with Crippen molar-refractivity contribution in [2.24, 2.45) is 17.8 Å². The molecule has 0 bridgehead atoms. The van der Waals surface area contributed by atoms with Crippen molar-refractivity contribution in [3.63, 3.8) is 0 Å². The monoisotopic (exact) mass is 295 g/mol. The van der Waals surface area contributed by atoms with Crippen LogP contribution in [0.25, 0.3) is 0 Å². The van der Waals surface area contributed by atoms with E-state index in [4.69, 9.17) is 0 Å². The molecule has 7 heteroatoms. The molecule has 1 aliphatic carbocycles. The SMILES string of the molecule is CC1C[C@H](C(=O)N2CCN3C(=O)NCC3C2)[C@H](C(=O)O)C1. The Bertz CT molecular complexity index is 481. The van der Waals surface area contributed by atoms with Crippen molar-refractivity contribution in [3.8, 4) is 0 Å². The Balaban J connectivity index is 1.68. The molecule has 0 aromatic rings. The van der Waals surface area contributed by atoms with Gasteiger partial charge in [-0.2, -0.15) is 0 Å². The maximum Gasteiger partial charge on any atom is 0.317 e. The lowest BCUT2D eigenvalue weighted by atomic mass is 9.94. The van der Waals surface area contributed by atoms with E-state index in [9.17, 15) is 19.5 Å². The fourth-order valence-electron chi connectivity index (χ4n) is 3.88. The van der Waals surface area contributed by atoms with Gasteiger partial charge in [-0.3, -0.25) is 9.59 Å². The van der Waals surface area contributed by atoms with Crippen molar-refractivity contribution in [3.05, 3.63) is 0 Å². The highest BCUT2D eigenvalue weighted by molar-refractivity contribution is 5.86. The quantitative estimate of drug-likeness (QED) is 0.748. The summed E-state index contributed by atoms with van der Waals surface area (Å²) in [7, 11) is 0. The van der Waals surface area contributed by atoms with Gasteiger partial charge in [-0.15, -0.1) is 0 Å². The zero-order valence-corrected chi connectivity index (χ0v) is 12.1. The van der Waals surface area contributed by atoms with E-state index in [1.807, 2.05) is 6.92 Å². The maximum atomic E-state index is 12.7. The number of piperazine rings is 1. The van der Waals surface area contributed by atoms with Crippen molar-refractivity contribution >= 4 is 17.9 Å². The summed E-state index contributed by atoms with van der Waals surface area (Å²) in [6.45, 7) is 4.10. The topological polar surface area (TPSA) is 90.0 Å². The third kappa shape index (κ3) is 2.45. The molecule has 3 rings (SSSR count). The summed E-state index contributed by atoms with van der Waals surface area (Å²) in [5, 5.41) is 12.1. The van der Waals surface area contributed by atoms with Gasteiger partial charge in [0.15, 0.2) is 0 Å². The minimum Gasteiger partial charge on any atom is -0.481 e. The molecule has 3 fully saturated rings. The highest BCUT2D eigenvalue weighted by Gasteiger charge is 2.45.